The Hall–Kier alpha value is -1.58. The SMILES string of the molecule is CC1(n2c(N)nc3ccc(F)cc32)CCC1. The zero-order valence-corrected chi connectivity index (χ0v) is 9.20. The van der Waals surface area contributed by atoms with E-state index in [9.17, 15) is 4.39 Å². The monoisotopic (exact) mass is 219 g/mol. The number of rotatable bonds is 1. The van der Waals surface area contributed by atoms with Crippen molar-refractivity contribution < 1.29 is 4.39 Å². The number of anilines is 1. The molecule has 3 nitrogen and oxygen atoms in total. The molecular formula is C12H14FN3. The molecule has 0 amide bonds. The molecule has 0 saturated heterocycles. The molecule has 1 saturated carbocycles. The Kier molecular flexibility index (Phi) is 1.79. The Morgan fingerprint density at radius 3 is 2.81 bits per heavy atom. The summed E-state index contributed by atoms with van der Waals surface area (Å²) >= 11 is 0. The van der Waals surface area contributed by atoms with E-state index in [1.807, 2.05) is 4.57 Å². The van der Waals surface area contributed by atoms with Gasteiger partial charge in [0.15, 0.2) is 0 Å². The molecule has 2 aromatic rings. The summed E-state index contributed by atoms with van der Waals surface area (Å²) in [5.74, 6) is 0.249. The minimum atomic E-state index is -0.239. The largest absolute Gasteiger partial charge is 0.369 e. The van der Waals surface area contributed by atoms with E-state index < -0.39 is 0 Å². The number of nitrogen functional groups attached to an aromatic ring is 1. The summed E-state index contributed by atoms with van der Waals surface area (Å²) in [4.78, 5) is 4.28. The number of hydrogen-bond donors (Lipinski definition) is 1. The van der Waals surface area contributed by atoms with E-state index in [2.05, 4.69) is 11.9 Å². The summed E-state index contributed by atoms with van der Waals surface area (Å²) in [7, 11) is 0. The molecule has 1 fully saturated rings. The van der Waals surface area contributed by atoms with Crippen LogP contribution < -0.4 is 5.73 Å². The summed E-state index contributed by atoms with van der Waals surface area (Å²) in [5, 5.41) is 0. The Bertz CT molecular complexity index is 555. The third-order valence-corrected chi connectivity index (χ3v) is 3.61. The summed E-state index contributed by atoms with van der Waals surface area (Å²) < 4.78 is 15.2. The first-order chi connectivity index (χ1) is 7.60. The van der Waals surface area contributed by atoms with E-state index in [1.54, 1.807) is 6.07 Å². The van der Waals surface area contributed by atoms with Gasteiger partial charge >= 0.3 is 0 Å². The molecule has 2 N–H and O–H groups in total. The van der Waals surface area contributed by atoms with Gasteiger partial charge in [-0.15, -0.1) is 0 Å². The van der Waals surface area contributed by atoms with Gasteiger partial charge in [0.2, 0.25) is 5.95 Å². The lowest BCUT2D eigenvalue weighted by molar-refractivity contribution is 0.177. The van der Waals surface area contributed by atoms with Crippen molar-refractivity contribution in [3.8, 4) is 0 Å². The molecule has 1 aromatic carbocycles. The van der Waals surface area contributed by atoms with Crippen LogP contribution in [0.5, 0.6) is 0 Å². The van der Waals surface area contributed by atoms with Crippen molar-refractivity contribution in [3.05, 3.63) is 24.0 Å². The molecular weight excluding hydrogens is 205 g/mol. The topological polar surface area (TPSA) is 43.8 Å². The number of nitrogens with two attached hydrogens (primary N) is 1. The standard InChI is InChI=1S/C12H14FN3/c1-12(5-2-6-12)16-10-7-8(13)3-4-9(10)15-11(16)14/h3-4,7H,2,5-6H2,1H3,(H2,14,15). The number of imidazole rings is 1. The van der Waals surface area contributed by atoms with Gasteiger partial charge in [-0.25, -0.2) is 9.37 Å². The van der Waals surface area contributed by atoms with Crippen molar-refractivity contribution >= 4 is 17.0 Å². The zero-order chi connectivity index (χ0) is 11.3. The fourth-order valence-corrected chi connectivity index (χ4v) is 2.55. The first-order valence-corrected chi connectivity index (χ1v) is 5.54. The molecule has 16 heavy (non-hydrogen) atoms. The number of hydrogen-bond acceptors (Lipinski definition) is 2. The lowest BCUT2D eigenvalue weighted by atomic mass is 9.78. The van der Waals surface area contributed by atoms with Crippen molar-refractivity contribution in [3.63, 3.8) is 0 Å². The maximum Gasteiger partial charge on any atom is 0.201 e. The highest BCUT2D eigenvalue weighted by Gasteiger charge is 2.36. The van der Waals surface area contributed by atoms with Crippen LogP contribution in [0.4, 0.5) is 10.3 Å². The normalized spacial score (nSPS) is 18.6. The number of fused-ring (bicyclic) bond motifs is 1. The Morgan fingerprint density at radius 2 is 2.19 bits per heavy atom. The minimum absolute atomic E-state index is 0.0205. The van der Waals surface area contributed by atoms with Gasteiger partial charge in [-0.2, -0.15) is 0 Å². The minimum Gasteiger partial charge on any atom is -0.369 e. The lowest BCUT2D eigenvalue weighted by Crippen LogP contribution is -2.37. The highest BCUT2D eigenvalue weighted by Crippen LogP contribution is 2.42. The molecule has 0 atom stereocenters. The summed E-state index contributed by atoms with van der Waals surface area (Å²) in [6.07, 6.45) is 3.36. The van der Waals surface area contributed by atoms with Gasteiger partial charge < -0.3 is 10.3 Å². The zero-order valence-electron chi connectivity index (χ0n) is 9.20. The number of halogens is 1. The van der Waals surface area contributed by atoms with E-state index in [0.29, 0.717) is 5.95 Å². The van der Waals surface area contributed by atoms with Gasteiger partial charge in [0.05, 0.1) is 11.0 Å². The summed E-state index contributed by atoms with van der Waals surface area (Å²) in [5.41, 5.74) is 7.52. The van der Waals surface area contributed by atoms with E-state index >= 15 is 0 Å². The summed E-state index contributed by atoms with van der Waals surface area (Å²) in [6.45, 7) is 2.15. The Morgan fingerprint density at radius 1 is 1.44 bits per heavy atom. The second-order valence-corrected chi connectivity index (χ2v) is 4.79. The van der Waals surface area contributed by atoms with Crippen LogP contribution in [-0.2, 0) is 5.54 Å². The molecule has 4 heteroatoms. The van der Waals surface area contributed by atoms with Crippen LogP contribution in [0, 0.1) is 5.82 Å². The average molecular weight is 219 g/mol. The van der Waals surface area contributed by atoms with Crippen LogP contribution in [0.15, 0.2) is 18.2 Å². The van der Waals surface area contributed by atoms with E-state index in [0.717, 1.165) is 23.9 Å². The molecule has 0 unspecified atom stereocenters. The number of aromatic nitrogens is 2. The van der Waals surface area contributed by atoms with Crippen LogP contribution in [0.25, 0.3) is 11.0 Å². The third kappa shape index (κ3) is 1.16. The van der Waals surface area contributed by atoms with E-state index in [-0.39, 0.29) is 11.4 Å². The molecule has 1 heterocycles. The lowest BCUT2D eigenvalue weighted by Gasteiger charge is -2.40. The Balaban J connectivity index is 2.29. The Labute approximate surface area is 93.1 Å². The van der Waals surface area contributed by atoms with Crippen LogP contribution in [-0.4, -0.2) is 9.55 Å². The molecule has 84 valence electrons. The van der Waals surface area contributed by atoms with Crippen LogP contribution >= 0.6 is 0 Å². The molecule has 1 aliphatic rings. The molecule has 1 aliphatic carbocycles. The van der Waals surface area contributed by atoms with Crippen molar-refractivity contribution in [2.24, 2.45) is 0 Å². The van der Waals surface area contributed by atoms with Gasteiger partial charge in [0.25, 0.3) is 0 Å². The summed E-state index contributed by atoms with van der Waals surface area (Å²) in [6, 6.07) is 4.62. The highest BCUT2D eigenvalue weighted by atomic mass is 19.1. The molecule has 1 aromatic heterocycles. The maximum absolute atomic E-state index is 13.3. The van der Waals surface area contributed by atoms with Gasteiger partial charge in [-0.3, -0.25) is 0 Å². The smallest absolute Gasteiger partial charge is 0.201 e. The van der Waals surface area contributed by atoms with Crippen LogP contribution in [0.1, 0.15) is 26.2 Å². The fraction of sp³-hybridized carbons (Fsp3) is 0.417. The van der Waals surface area contributed by atoms with Crippen molar-refractivity contribution in [1.82, 2.24) is 9.55 Å². The van der Waals surface area contributed by atoms with Crippen LogP contribution in [0.3, 0.4) is 0 Å². The fourth-order valence-electron chi connectivity index (χ4n) is 2.55. The first-order valence-electron chi connectivity index (χ1n) is 5.54. The molecule has 0 spiro atoms. The van der Waals surface area contributed by atoms with E-state index in [4.69, 9.17) is 5.73 Å². The highest BCUT2D eigenvalue weighted by molar-refractivity contribution is 5.78. The first kappa shape index (κ1) is 9.63. The van der Waals surface area contributed by atoms with Crippen molar-refractivity contribution in [2.75, 3.05) is 5.73 Å². The average Bonchev–Trinajstić information content (AvgIpc) is 2.50. The van der Waals surface area contributed by atoms with E-state index in [1.165, 1.54) is 18.6 Å². The van der Waals surface area contributed by atoms with Crippen molar-refractivity contribution in [1.29, 1.82) is 0 Å². The molecule has 0 bridgehead atoms. The molecule has 0 radical (unpaired) electrons. The quantitative estimate of drug-likeness (QED) is 0.801. The van der Waals surface area contributed by atoms with Gasteiger partial charge in [0, 0.05) is 5.54 Å². The number of nitrogens with zero attached hydrogens (tertiary/aromatic N) is 2. The predicted molar refractivity (Wildman–Crippen MR) is 61.6 cm³/mol. The molecule has 3 rings (SSSR count). The number of benzene rings is 1. The van der Waals surface area contributed by atoms with Gasteiger partial charge in [-0.05, 0) is 44.4 Å². The predicted octanol–water partition coefficient (Wildman–Crippen LogP) is 2.66. The third-order valence-electron chi connectivity index (χ3n) is 3.61. The second kappa shape index (κ2) is 2.97. The molecule has 0 aliphatic heterocycles. The van der Waals surface area contributed by atoms with Crippen LogP contribution in [0.2, 0.25) is 0 Å². The second-order valence-electron chi connectivity index (χ2n) is 4.79. The maximum atomic E-state index is 13.3. The van der Waals surface area contributed by atoms with Crippen molar-refractivity contribution in [2.45, 2.75) is 31.7 Å². The van der Waals surface area contributed by atoms with Gasteiger partial charge in [0.1, 0.15) is 5.82 Å². The van der Waals surface area contributed by atoms with Gasteiger partial charge in [-0.1, -0.05) is 0 Å².